The van der Waals surface area contributed by atoms with Crippen molar-refractivity contribution < 1.29 is 23.3 Å². The lowest BCUT2D eigenvalue weighted by Crippen LogP contribution is -2.45. The van der Waals surface area contributed by atoms with Crippen LogP contribution in [-0.4, -0.2) is 29.3 Å². The number of rotatable bonds is 3. The van der Waals surface area contributed by atoms with Crippen molar-refractivity contribution in [2.24, 2.45) is 0 Å². The van der Waals surface area contributed by atoms with E-state index in [0.717, 1.165) is 6.42 Å². The van der Waals surface area contributed by atoms with Gasteiger partial charge in [-0.25, -0.2) is 4.39 Å². The van der Waals surface area contributed by atoms with Crippen LogP contribution < -0.4 is 10.6 Å². The number of nitrogens with one attached hydrogen (secondary N) is 2. The highest BCUT2D eigenvalue weighted by molar-refractivity contribution is 5.98. The van der Waals surface area contributed by atoms with Crippen LogP contribution in [0, 0.1) is 21.7 Å². The molecule has 1 heterocycles. The minimum Gasteiger partial charge on any atom is -0.354 e. The molecule has 1 aromatic rings. The quantitative estimate of drug-likeness (QED) is 0.648. The van der Waals surface area contributed by atoms with Crippen LogP contribution in [0.15, 0.2) is 12.1 Å². The monoisotopic (exact) mass is 313 g/mol. The molecule has 0 aromatic heterocycles. The fourth-order valence-corrected chi connectivity index (χ4v) is 2.16. The average molecular weight is 313 g/mol. The van der Waals surface area contributed by atoms with Gasteiger partial charge in [0, 0.05) is 6.54 Å². The molecule has 2 amide bonds. The van der Waals surface area contributed by atoms with E-state index >= 15 is 0 Å². The molecule has 1 aliphatic heterocycles. The number of carbonyl (C=O) groups is 2. The average Bonchev–Trinajstić information content (AvgIpc) is 2.66. The SMILES string of the molecule is O=C(N[C@@H]1CCCCNC1=O)c1cc(F)c([N+](=O)[O-])cc1F. The highest BCUT2D eigenvalue weighted by Gasteiger charge is 2.26. The van der Waals surface area contributed by atoms with Crippen LogP contribution in [0.4, 0.5) is 14.5 Å². The second-order valence-corrected chi connectivity index (χ2v) is 4.85. The summed E-state index contributed by atoms with van der Waals surface area (Å²) in [6, 6.07) is -0.0397. The van der Waals surface area contributed by atoms with Crippen molar-refractivity contribution in [1.82, 2.24) is 10.6 Å². The summed E-state index contributed by atoms with van der Waals surface area (Å²) >= 11 is 0. The van der Waals surface area contributed by atoms with Gasteiger partial charge in [-0.1, -0.05) is 0 Å². The molecule has 1 saturated heterocycles. The Labute approximate surface area is 123 Å². The standard InChI is InChI=1S/C13H13F2N3O4/c14-8-6-11(18(21)22)9(15)5-7(8)12(19)17-10-3-1-2-4-16-13(10)20/h5-6,10H,1-4H2,(H,16,20)(H,17,19)/t10-/m1/s1. The molecule has 1 fully saturated rings. The Morgan fingerprint density at radius 1 is 1.32 bits per heavy atom. The lowest BCUT2D eigenvalue weighted by molar-refractivity contribution is -0.387. The van der Waals surface area contributed by atoms with Crippen molar-refractivity contribution in [3.05, 3.63) is 39.4 Å². The number of nitro groups is 1. The molecule has 7 nitrogen and oxygen atoms in total. The molecule has 0 saturated carbocycles. The Morgan fingerprint density at radius 2 is 2.05 bits per heavy atom. The molecule has 1 aliphatic rings. The second-order valence-electron chi connectivity index (χ2n) is 4.85. The van der Waals surface area contributed by atoms with Crippen molar-refractivity contribution in [3.63, 3.8) is 0 Å². The summed E-state index contributed by atoms with van der Waals surface area (Å²) in [6.07, 6.45) is 1.84. The first kappa shape index (κ1) is 15.8. The van der Waals surface area contributed by atoms with Crippen LogP contribution in [0.25, 0.3) is 0 Å². The Hall–Kier alpha value is -2.58. The van der Waals surface area contributed by atoms with Crippen LogP contribution in [0.1, 0.15) is 29.6 Å². The van der Waals surface area contributed by atoms with E-state index in [4.69, 9.17) is 0 Å². The highest BCUT2D eigenvalue weighted by Crippen LogP contribution is 2.21. The maximum absolute atomic E-state index is 13.7. The Bertz CT molecular complexity index is 636. The topological polar surface area (TPSA) is 101 Å². The van der Waals surface area contributed by atoms with Gasteiger partial charge in [0.1, 0.15) is 11.9 Å². The summed E-state index contributed by atoms with van der Waals surface area (Å²) in [5, 5.41) is 15.4. The predicted octanol–water partition coefficient (Wildman–Crippen LogP) is 1.27. The number of halogens is 2. The van der Waals surface area contributed by atoms with Gasteiger partial charge in [-0.3, -0.25) is 19.7 Å². The van der Waals surface area contributed by atoms with Crippen molar-refractivity contribution in [2.45, 2.75) is 25.3 Å². The van der Waals surface area contributed by atoms with Gasteiger partial charge >= 0.3 is 5.69 Å². The van der Waals surface area contributed by atoms with Crippen LogP contribution in [0.3, 0.4) is 0 Å². The summed E-state index contributed by atoms with van der Waals surface area (Å²) in [7, 11) is 0. The first-order valence-electron chi connectivity index (χ1n) is 6.62. The molecule has 2 rings (SSSR count). The van der Waals surface area contributed by atoms with Crippen molar-refractivity contribution in [1.29, 1.82) is 0 Å². The summed E-state index contributed by atoms with van der Waals surface area (Å²) in [4.78, 5) is 33.1. The van der Waals surface area contributed by atoms with Crippen LogP contribution in [0.5, 0.6) is 0 Å². The molecule has 9 heteroatoms. The number of hydrogen-bond donors (Lipinski definition) is 2. The number of nitro benzene ring substituents is 1. The van der Waals surface area contributed by atoms with Gasteiger partial charge in [0.2, 0.25) is 11.7 Å². The Balaban J connectivity index is 2.20. The number of hydrogen-bond acceptors (Lipinski definition) is 4. The number of nitrogens with zero attached hydrogens (tertiary/aromatic N) is 1. The van der Waals surface area contributed by atoms with Gasteiger partial charge in [0.15, 0.2) is 0 Å². The normalized spacial score (nSPS) is 18.3. The first-order chi connectivity index (χ1) is 10.4. The molecule has 1 aromatic carbocycles. The van der Waals surface area contributed by atoms with Gasteiger partial charge in [0.25, 0.3) is 5.91 Å². The van der Waals surface area contributed by atoms with E-state index in [-0.39, 0.29) is 0 Å². The van der Waals surface area contributed by atoms with E-state index in [0.29, 0.717) is 31.5 Å². The fourth-order valence-electron chi connectivity index (χ4n) is 2.16. The molecular formula is C13H13F2N3O4. The summed E-state index contributed by atoms with van der Waals surface area (Å²) in [5.41, 5.74) is -1.73. The first-order valence-corrected chi connectivity index (χ1v) is 6.62. The molecule has 0 unspecified atom stereocenters. The van der Waals surface area contributed by atoms with Crippen LogP contribution in [-0.2, 0) is 4.79 Å². The summed E-state index contributed by atoms with van der Waals surface area (Å²) < 4.78 is 27.2. The number of carbonyl (C=O) groups excluding carboxylic acids is 2. The highest BCUT2D eigenvalue weighted by atomic mass is 19.1. The lowest BCUT2D eigenvalue weighted by atomic mass is 10.1. The van der Waals surface area contributed by atoms with Crippen molar-refractivity contribution in [3.8, 4) is 0 Å². The zero-order valence-corrected chi connectivity index (χ0v) is 11.4. The van der Waals surface area contributed by atoms with Crippen molar-refractivity contribution >= 4 is 17.5 Å². The number of benzene rings is 1. The maximum atomic E-state index is 13.7. The van der Waals surface area contributed by atoms with Gasteiger partial charge in [0.05, 0.1) is 16.6 Å². The molecule has 0 aliphatic carbocycles. The summed E-state index contributed by atoms with van der Waals surface area (Å²) in [6.45, 7) is 0.492. The van der Waals surface area contributed by atoms with Gasteiger partial charge in [-0.15, -0.1) is 0 Å². The zero-order chi connectivity index (χ0) is 16.3. The minimum atomic E-state index is -1.32. The van der Waals surface area contributed by atoms with E-state index in [1.807, 2.05) is 0 Å². The third-order valence-corrected chi connectivity index (χ3v) is 3.32. The number of amides is 2. The maximum Gasteiger partial charge on any atom is 0.307 e. The smallest absolute Gasteiger partial charge is 0.307 e. The van der Waals surface area contributed by atoms with Gasteiger partial charge < -0.3 is 10.6 Å². The Kier molecular flexibility index (Phi) is 4.64. The molecule has 118 valence electrons. The summed E-state index contributed by atoms with van der Waals surface area (Å²) in [5.74, 6) is -3.93. The van der Waals surface area contributed by atoms with E-state index < -0.39 is 45.7 Å². The van der Waals surface area contributed by atoms with E-state index in [1.54, 1.807) is 0 Å². The predicted molar refractivity (Wildman–Crippen MR) is 71.1 cm³/mol. The third kappa shape index (κ3) is 3.35. The van der Waals surface area contributed by atoms with E-state index in [1.165, 1.54) is 0 Å². The zero-order valence-electron chi connectivity index (χ0n) is 11.4. The minimum absolute atomic E-state index is 0.345. The van der Waals surface area contributed by atoms with Crippen molar-refractivity contribution in [2.75, 3.05) is 6.54 Å². The molecule has 1 atom stereocenters. The molecule has 0 bridgehead atoms. The lowest BCUT2D eigenvalue weighted by Gasteiger charge is -2.15. The molecule has 0 radical (unpaired) electrons. The largest absolute Gasteiger partial charge is 0.354 e. The van der Waals surface area contributed by atoms with Crippen LogP contribution in [0.2, 0.25) is 0 Å². The van der Waals surface area contributed by atoms with Gasteiger partial charge in [-0.2, -0.15) is 4.39 Å². The fraction of sp³-hybridized carbons (Fsp3) is 0.385. The van der Waals surface area contributed by atoms with E-state index in [2.05, 4.69) is 10.6 Å². The molecule has 22 heavy (non-hydrogen) atoms. The van der Waals surface area contributed by atoms with E-state index in [9.17, 15) is 28.5 Å². The molecule has 0 spiro atoms. The van der Waals surface area contributed by atoms with Crippen LogP contribution >= 0.6 is 0 Å². The second kappa shape index (κ2) is 6.46. The van der Waals surface area contributed by atoms with Gasteiger partial charge in [-0.05, 0) is 25.3 Å². The third-order valence-electron chi connectivity index (χ3n) is 3.32. The Morgan fingerprint density at radius 3 is 2.73 bits per heavy atom. The molecule has 2 N–H and O–H groups in total. The molecular weight excluding hydrogens is 300 g/mol.